The van der Waals surface area contributed by atoms with Gasteiger partial charge in [-0.25, -0.2) is 0 Å². The van der Waals surface area contributed by atoms with Crippen LogP contribution in [0.3, 0.4) is 0 Å². The Morgan fingerprint density at radius 3 is 1.97 bits per heavy atom. The van der Waals surface area contributed by atoms with Gasteiger partial charge in [-0.3, -0.25) is 0 Å². The maximum atomic E-state index is 2.82. The van der Waals surface area contributed by atoms with Gasteiger partial charge in [-0.2, -0.15) is 0 Å². The van der Waals surface area contributed by atoms with Crippen LogP contribution in [0.4, 0.5) is 5.69 Å². The SMILES string of the molecule is c1ccc(P(c2ccccc2)c2ccc3ccccc3c2N2CCCC[C@@H]2CN2CCCC2)cc1. The summed E-state index contributed by atoms with van der Waals surface area (Å²) >= 11 is 0. The molecule has 0 aliphatic carbocycles. The molecule has 0 aromatic heterocycles. The zero-order valence-electron chi connectivity index (χ0n) is 20.5. The van der Waals surface area contributed by atoms with Gasteiger partial charge in [-0.05, 0) is 69.1 Å². The molecular weight excluding hydrogens is 443 g/mol. The average molecular weight is 479 g/mol. The molecule has 3 heteroatoms. The van der Waals surface area contributed by atoms with Crippen LogP contribution in [0, 0.1) is 0 Å². The standard InChI is InChI=1S/C32H35N2P/c1-3-15-28(16-4-1)35(29-17-5-2-6-18-29)31-21-20-26-13-7-8-19-30(26)32(31)34-24-10-9-14-27(34)25-33-22-11-12-23-33/h1-8,13,15-21,27H,9-12,14,22-25H2/t27-/m1/s1. The molecule has 0 saturated carbocycles. The normalized spacial score (nSPS) is 19.0. The predicted octanol–water partition coefficient (Wildman–Crippen LogP) is 6.05. The lowest BCUT2D eigenvalue weighted by molar-refractivity contribution is 0.285. The van der Waals surface area contributed by atoms with Crippen LogP contribution in [0.2, 0.25) is 0 Å². The third-order valence-corrected chi connectivity index (χ3v) is 10.2. The molecule has 4 aromatic carbocycles. The van der Waals surface area contributed by atoms with Gasteiger partial charge < -0.3 is 9.80 Å². The fourth-order valence-corrected chi connectivity index (χ4v) is 8.53. The van der Waals surface area contributed by atoms with Crippen LogP contribution in [0.15, 0.2) is 97.1 Å². The Balaban J connectivity index is 1.53. The van der Waals surface area contributed by atoms with Crippen LogP contribution in [0.25, 0.3) is 10.8 Å². The van der Waals surface area contributed by atoms with Crippen molar-refractivity contribution >= 4 is 40.3 Å². The summed E-state index contributed by atoms with van der Waals surface area (Å²) in [6.45, 7) is 4.91. The zero-order chi connectivity index (χ0) is 23.5. The van der Waals surface area contributed by atoms with Crippen molar-refractivity contribution in [2.75, 3.05) is 31.1 Å². The van der Waals surface area contributed by atoms with Crippen LogP contribution in [0.1, 0.15) is 32.1 Å². The third kappa shape index (κ3) is 4.75. The maximum Gasteiger partial charge on any atom is 0.0533 e. The molecule has 2 aliphatic heterocycles. The van der Waals surface area contributed by atoms with Crippen LogP contribution >= 0.6 is 7.92 Å². The van der Waals surface area contributed by atoms with Crippen LogP contribution in [0.5, 0.6) is 0 Å². The Kier molecular flexibility index (Phi) is 6.85. The fraction of sp³-hybridized carbons (Fsp3) is 0.312. The van der Waals surface area contributed by atoms with Gasteiger partial charge in [0.2, 0.25) is 0 Å². The van der Waals surface area contributed by atoms with E-state index in [-0.39, 0.29) is 0 Å². The summed E-state index contributed by atoms with van der Waals surface area (Å²) in [4.78, 5) is 5.53. The van der Waals surface area contributed by atoms with Crippen molar-refractivity contribution in [1.29, 1.82) is 0 Å². The van der Waals surface area contributed by atoms with Crippen molar-refractivity contribution < 1.29 is 0 Å². The smallest absolute Gasteiger partial charge is 0.0533 e. The largest absolute Gasteiger partial charge is 0.366 e. The molecular formula is C32H35N2P. The highest BCUT2D eigenvalue weighted by atomic mass is 31.1. The highest BCUT2D eigenvalue weighted by Crippen LogP contribution is 2.41. The van der Waals surface area contributed by atoms with Gasteiger partial charge in [0.1, 0.15) is 0 Å². The van der Waals surface area contributed by atoms with Crippen LogP contribution in [-0.2, 0) is 0 Å². The van der Waals surface area contributed by atoms with E-state index >= 15 is 0 Å². The quantitative estimate of drug-likeness (QED) is 0.311. The number of nitrogens with zero attached hydrogens (tertiary/aromatic N) is 2. The van der Waals surface area contributed by atoms with Gasteiger partial charge in [0.05, 0.1) is 5.69 Å². The Morgan fingerprint density at radius 2 is 1.26 bits per heavy atom. The molecule has 2 heterocycles. The first kappa shape index (κ1) is 22.8. The minimum atomic E-state index is -0.654. The first-order valence-corrected chi connectivity index (χ1v) is 14.6. The Bertz CT molecular complexity index is 1210. The van der Waals surface area contributed by atoms with Crippen LogP contribution in [-0.4, -0.2) is 37.1 Å². The zero-order valence-corrected chi connectivity index (χ0v) is 21.4. The first-order valence-electron chi connectivity index (χ1n) is 13.3. The second-order valence-corrected chi connectivity index (χ2v) is 12.2. The number of rotatable bonds is 6. The van der Waals surface area contributed by atoms with Gasteiger partial charge >= 0.3 is 0 Å². The van der Waals surface area contributed by atoms with Crippen molar-refractivity contribution in [1.82, 2.24) is 4.90 Å². The van der Waals surface area contributed by atoms with E-state index in [0.29, 0.717) is 6.04 Å². The third-order valence-electron chi connectivity index (χ3n) is 7.73. The fourth-order valence-electron chi connectivity index (χ4n) is 6.06. The Morgan fingerprint density at radius 1 is 0.629 bits per heavy atom. The number of likely N-dealkylation sites (tertiary alicyclic amines) is 1. The summed E-state index contributed by atoms with van der Waals surface area (Å²) in [6.07, 6.45) is 6.65. The van der Waals surface area contributed by atoms with E-state index in [1.54, 1.807) is 0 Å². The van der Waals surface area contributed by atoms with E-state index in [9.17, 15) is 0 Å². The van der Waals surface area contributed by atoms with E-state index in [4.69, 9.17) is 0 Å². The summed E-state index contributed by atoms with van der Waals surface area (Å²) in [6, 6.07) is 36.8. The highest BCUT2D eigenvalue weighted by molar-refractivity contribution is 7.80. The summed E-state index contributed by atoms with van der Waals surface area (Å²) < 4.78 is 0. The number of benzene rings is 4. The number of fused-ring (bicyclic) bond motifs is 1. The molecule has 0 unspecified atom stereocenters. The number of hydrogen-bond acceptors (Lipinski definition) is 2. The van der Waals surface area contributed by atoms with Gasteiger partial charge in [0.15, 0.2) is 0 Å². The summed E-state index contributed by atoms with van der Waals surface area (Å²) in [5.74, 6) is 0. The van der Waals surface area contributed by atoms with Crippen LogP contribution < -0.4 is 20.8 Å². The molecule has 2 saturated heterocycles. The van der Waals surface area contributed by atoms with E-state index in [0.717, 1.165) is 6.54 Å². The molecule has 2 nitrogen and oxygen atoms in total. The monoisotopic (exact) mass is 478 g/mol. The molecule has 6 rings (SSSR count). The molecule has 0 amide bonds. The minimum absolute atomic E-state index is 0.592. The van der Waals surface area contributed by atoms with Crippen molar-refractivity contribution in [3.63, 3.8) is 0 Å². The highest BCUT2D eigenvalue weighted by Gasteiger charge is 2.31. The van der Waals surface area contributed by atoms with Gasteiger partial charge in [0.25, 0.3) is 0 Å². The van der Waals surface area contributed by atoms with Crippen molar-refractivity contribution in [3.8, 4) is 0 Å². The molecule has 0 N–H and O–H groups in total. The summed E-state index contributed by atoms with van der Waals surface area (Å²) in [5.41, 5.74) is 1.49. The minimum Gasteiger partial charge on any atom is -0.366 e. The lowest BCUT2D eigenvalue weighted by Gasteiger charge is -2.42. The summed E-state index contributed by atoms with van der Waals surface area (Å²) in [5, 5.41) is 7.13. The number of piperidine rings is 1. The number of hydrogen-bond donors (Lipinski definition) is 0. The Hall–Kier alpha value is -2.67. The molecule has 2 aliphatic rings. The average Bonchev–Trinajstić information content (AvgIpc) is 3.44. The van der Waals surface area contributed by atoms with E-state index in [2.05, 4.69) is 107 Å². The van der Waals surface area contributed by atoms with Crippen molar-refractivity contribution in [3.05, 3.63) is 97.1 Å². The second-order valence-electron chi connectivity index (χ2n) is 10.0. The molecule has 4 aromatic rings. The lowest BCUT2D eigenvalue weighted by atomic mass is 9.98. The lowest BCUT2D eigenvalue weighted by Crippen LogP contribution is -2.48. The molecule has 35 heavy (non-hydrogen) atoms. The van der Waals surface area contributed by atoms with Crippen molar-refractivity contribution in [2.24, 2.45) is 0 Å². The molecule has 0 spiro atoms. The Labute approximate surface area is 211 Å². The molecule has 0 radical (unpaired) electrons. The first-order chi connectivity index (χ1) is 17.4. The second kappa shape index (κ2) is 10.5. The molecule has 2 fully saturated rings. The van der Waals surface area contributed by atoms with E-state index in [1.807, 2.05) is 0 Å². The van der Waals surface area contributed by atoms with Gasteiger partial charge in [-0.15, -0.1) is 0 Å². The summed E-state index contributed by atoms with van der Waals surface area (Å²) in [7, 11) is -0.654. The molecule has 178 valence electrons. The molecule has 1 atom stereocenters. The van der Waals surface area contributed by atoms with Gasteiger partial charge in [-0.1, -0.05) is 97.1 Å². The topological polar surface area (TPSA) is 6.48 Å². The van der Waals surface area contributed by atoms with E-state index in [1.165, 1.54) is 84.1 Å². The van der Waals surface area contributed by atoms with Crippen molar-refractivity contribution in [2.45, 2.75) is 38.1 Å². The predicted molar refractivity (Wildman–Crippen MR) is 153 cm³/mol. The molecule has 0 bridgehead atoms. The van der Waals surface area contributed by atoms with E-state index < -0.39 is 7.92 Å². The number of anilines is 1. The maximum absolute atomic E-state index is 2.82. The van der Waals surface area contributed by atoms with Gasteiger partial charge in [0, 0.05) is 29.8 Å².